The van der Waals surface area contributed by atoms with Crippen LogP contribution in [0.4, 0.5) is 0 Å². The summed E-state index contributed by atoms with van der Waals surface area (Å²) in [6, 6.07) is 0. The molecule has 0 unspecified atom stereocenters. The van der Waals surface area contributed by atoms with Gasteiger partial charge in [0.2, 0.25) is 0 Å². The molecule has 0 aliphatic rings. The molecule has 6 nitrogen and oxygen atoms in total. The second kappa shape index (κ2) is 11.5. The van der Waals surface area contributed by atoms with Crippen molar-refractivity contribution in [1.82, 2.24) is 0 Å². The molecule has 0 atom stereocenters. The van der Waals surface area contributed by atoms with Crippen LogP contribution in [0, 0.1) is 0 Å². The Bertz CT molecular complexity index is 43.0. The fourth-order valence-corrected chi connectivity index (χ4v) is 0.177. The first-order valence-corrected chi connectivity index (χ1v) is 2.54. The predicted octanol–water partition coefficient (Wildman–Crippen LogP) is -1.97. The van der Waals surface area contributed by atoms with Crippen molar-refractivity contribution in [3.63, 3.8) is 0 Å². The first kappa shape index (κ1) is 12.4. The summed E-state index contributed by atoms with van der Waals surface area (Å²) >= 11 is 0. The van der Waals surface area contributed by atoms with Gasteiger partial charge in [-0.25, -0.2) is 9.78 Å². The lowest BCUT2D eigenvalue weighted by Crippen LogP contribution is -2.04. The van der Waals surface area contributed by atoms with Crippen LogP contribution in [0.25, 0.3) is 0 Å². The Balaban J connectivity index is 0. The van der Waals surface area contributed by atoms with Crippen molar-refractivity contribution >= 4 is 0 Å². The molecule has 0 aromatic carbocycles. The second-order valence-corrected chi connectivity index (χ2v) is 1.16. The molecule has 0 amide bonds. The highest BCUT2D eigenvalue weighted by molar-refractivity contribution is 4.12. The molecule has 0 radical (unpaired) electrons. The quantitative estimate of drug-likeness (QED) is 0.264. The van der Waals surface area contributed by atoms with Crippen LogP contribution in [0.2, 0.25) is 0 Å². The zero-order valence-corrected chi connectivity index (χ0v) is 5.45. The lowest BCUT2D eigenvalue weighted by molar-refractivity contribution is -0.513. The molecular formula is C4H12O6. The minimum absolute atomic E-state index is 0. The minimum Gasteiger partial charge on any atom is -0.412 e. The largest absolute Gasteiger partial charge is 0.412 e. The van der Waals surface area contributed by atoms with Crippen molar-refractivity contribution in [2.24, 2.45) is 0 Å². The number of rotatable bonds is 6. The van der Waals surface area contributed by atoms with Gasteiger partial charge in [-0.3, -0.25) is 0 Å². The first-order valence-electron chi connectivity index (χ1n) is 2.54. The van der Waals surface area contributed by atoms with Crippen molar-refractivity contribution in [1.29, 1.82) is 0 Å². The van der Waals surface area contributed by atoms with Gasteiger partial charge in [-0.05, 0) is 0 Å². The molecule has 6 heteroatoms. The zero-order chi connectivity index (χ0) is 6.95. The topological polar surface area (TPSA) is 99.7 Å². The summed E-state index contributed by atoms with van der Waals surface area (Å²) in [6.45, 7) is -0.123. The molecule has 0 saturated carbocycles. The van der Waals surface area contributed by atoms with Gasteiger partial charge in [-0.15, -0.1) is 0 Å². The molecule has 4 N–H and O–H groups in total. The van der Waals surface area contributed by atoms with Gasteiger partial charge in [0.1, 0.15) is 13.2 Å². The van der Waals surface area contributed by atoms with E-state index in [9.17, 15) is 0 Å². The van der Waals surface area contributed by atoms with Crippen LogP contribution in [0.15, 0.2) is 0 Å². The van der Waals surface area contributed by atoms with Crippen molar-refractivity contribution in [3.8, 4) is 0 Å². The van der Waals surface area contributed by atoms with Gasteiger partial charge in [0, 0.05) is 0 Å². The molecule has 0 rings (SSSR count). The third-order valence-corrected chi connectivity index (χ3v) is 0.445. The highest BCUT2D eigenvalue weighted by atomic mass is 17.5. The van der Waals surface area contributed by atoms with Crippen LogP contribution in [0.3, 0.4) is 0 Å². The zero-order valence-electron chi connectivity index (χ0n) is 5.45. The molecule has 10 heavy (non-hydrogen) atoms. The fourth-order valence-electron chi connectivity index (χ4n) is 0.177. The van der Waals surface area contributed by atoms with Crippen molar-refractivity contribution in [2.75, 3.05) is 26.4 Å². The molecule has 0 aliphatic carbocycles. The standard InChI is InChI=1S/C4H10O5.H2O/c5-1-3-7-9-8-4-2-6;/h5-6H,1-4H2;1H2. The van der Waals surface area contributed by atoms with Gasteiger partial charge in [-0.1, -0.05) is 5.04 Å². The SMILES string of the molecule is O.OCCOOOCCO. The summed E-state index contributed by atoms with van der Waals surface area (Å²) in [5, 5.41) is 20.2. The summed E-state index contributed by atoms with van der Waals surface area (Å²) in [6.07, 6.45) is 0. The number of hydrogen-bond donors (Lipinski definition) is 2. The summed E-state index contributed by atoms with van der Waals surface area (Å²) < 4.78 is 0. The molecule has 0 heterocycles. The maximum absolute atomic E-state index is 8.11. The van der Waals surface area contributed by atoms with E-state index >= 15 is 0 Å². The minimum atomic E-state index is -0.123. The van der Waals surface area contributed by atoms with E-state index in [0.717, 1.165) is 0 Å². The van der Waals surface area contributed by atoms with E-state index in [4.69, 9.17) is 10.2 Å². The average molecular weight is 156 g/mol. The number of aliphatic hydroxyl groups excluding tert-OH is 2. The van der Waals surface area contributed by atoms with Crippen LogP contribution < -0.4 is 0 Å². The Morgan fingerprint density at radius 2 is 1.30 bits per heavy atom. The van der Waals surface area contributed by atoms with Gasteiger partial charge < -0.3 is 15.7 Å². The summed E-state index contributed by atoms with van der Waals surface area (Å²) in [5.74, 6) is 0. The molecule has 0 spiro atoms. The Morgan fingerprint density at radius 1 is 0.900 bits per heavy atom. The van der Waals surface area contributed by atoms with Gasteiger partial charge in [0.25, 0.3) is 0 Å². The molecule has 0 aromatic rings. The predicted molar refractivity (Wildman–Crippen MR) is 30.8 cm³/mol. The normalized spacial score (nSPS) is 9.00. The maximum atomic E-state index is 8.11. The third kappa shape index (κ3) is 10.7. The molecule has 64 valence electrons. The third-order valence-electron chi connectivity index (χ3n) is 0.445. The number of hydrogen-bond acceptors (Lipinski definition) is 5. The van der Waals surface area contributed by atoms with E-state index in [1.807, 2.05) is 0 Å². The molecule has 0 aliphatic heterocycles. The van der Waals surface area contributed by atoms with E-state index < -0.39 is 0 Å². The molecular weight excluding hydrogens is 144 g/mol. The molecule has 0 bridgehead atoms. The number of aliphatic hydroxyl groups is 2. The summed E-state index contributed by atoms with van der Waals surface area (Å²) in [7, 11) is 0. The lowest BCUT2D eigenvalue weighted by atomic mass is 10.8. The van der Waals surface area contributed by atoms with Crippen LogP contribution in [0.5, 0.6) is 0 Å². The molecule has 0 fully saturated rings. The van der Waals surface area contributed by atoms with Crippen LogP contribution in [0.1, 0.15) is 0 Å². The van der Waals surface area contributed by atoms with E-state index in [2.05, 4.69) is 14.8 Å². The van der Waals surface area contributed by atoms with E-state index in [1.54, 1.807) is 0 Å². The van der Waals surface area contributed by atoms with Crippen molar-refractivity contribution in [2.45, 2.75) is 0 Å². The Morgan fingerprint density at radius 3 is 1.60 bits per heavy atom. The van der Waals surface area contributed by atoms with E-state index in [0.29, 0.717) is 0 Å². The lowest BCUT2D eigenvalue weighted by Gasteiger charge is -1.98. The van der Waals surface area contributed by atoms with Crippen molar-refractivity contribution in [3.05, 3.63) is 0 Å². The van der Waals surface area contributed by atoms with Crippen molar-refractivity contribution < 1.29 is 30.5 Å². The summed E-state index contributed by atoms with van der Waals surface area (Å²) in [5.41, 5.74) is 0. The maximum Gasteiger partial charge on any atom is 0.108 e. The van der Waals surface area contributed by atoms with Gasteiger partial charge in [-0.2, -0.15) is 0 Å². The highest BCUT2D eigenvalue weighted by Crippen LogP contribution is 1.78. The van der Waals surface area contributed by atoms with Gasteiger partial charge in [0.15, 0.2) is 0 Å². The fraction of sp³-hybridized carbons (Fsp3) is 1.00. The monoisotopic (exact) mass is 156 g/mol. The molecule has 0 saturated heterocycles. The van der Waals surface area contributed by atoms with Crippen LogP contribution in [-0.2, 0) is 14.8 Å². The smallest absolute Gasteiger partial charge is 0.108 e. The Kier molecular flexibility index (Phi) is 14.4. The van der Waals surface area contributed by atoms with Crippen LogP contribution in [-0.4, -0.2) is 42.1 Å². The van der Waals surface area contributed by atoms with Gasteiger partial charge >= 0.3 is 0 Å². The second-order valence-electron chi connectivity index (χ2n) is 1.16. The highest BCUT2D eigenvalue weighted by Gasteiger charge is 1.85. The molecule has 0 aromatic heterocycles. The Labute approximate surface area is 58.1 Å². The van der Waals surface area contributed by atoms with E-state index in [-0.39, 0.29) is 31.9 Å². The first-order chi connectivity index (χ1) is 4.41. The average Bonchev–Trinajstić information content (AvgIpc) is 1.89. The summed E-state index contributed by atoms with van der Waals surface area (Å²) in [4.78, 5) is 8.40. The Hall–Kier alpha value is -0.240. The van der Waals surface area contributed by atoms with E-state index in [1.165, 1.54) is 0 Å². The van der Waals surface area contributed by atoms with Gasteiger partial charge in [0.05, 0.1) is 13.2 Å². The van der Waals surface area contributed by atoms with Crippen LogP contribution >= 0.6 is 0 Å².